The van der Waals surface area contributed by atoms with Crippen molar-refractivity contribution in [2.45, 2.75) is 19.9 Å². The number of hydrogen-bond donors (Lipinski definition) is 1. The van der Waals surface area contributed by atoms with Crippen LogP contribution in [0, 0.1) is 19.7 Å². The highest BCUT2D eigenvalue weighted by Gasteiger charge is 2.17. The molecule has 0 bridgehead atoms. The van der Waals surface area contributed by atoms with E-state index in [9.17, 15) is 4.39 Å². The molecule has 2 aromatic rings. The predicted molar refractivity (Wildman–Crippen MR) is 85.9 cm³/mol. The molecule has 0 aromatic heterocycles. The van der Waals surface area contributed by atoms with Crippen LogP contribution >= 0.6 is 27.5 Å². The topological polar surface area (TPSA) is 12.0 Å². The molecule has 0 saturated heterocycles. The van der Waals surface area contributed by atoms with Crippen molar-refractivity contribution >= 4 is 27.5 Å². The summed E-state index contributed by atoms with van der Waals surface area (Å²) in [6.45, 7) is 3.78. The minimum absolute atomic E-state index is 0.0713. The molecule has 20 heavy (non-hydrogen) atoms. The van der Waals surface area contributed by atoms with Crippen molar-refractivity contribution in [3.05, 3.63) is 67.9 Å². The van der Waals surface area contributed by atoms with Gasteiger partial charge in [0.05, 0.1) is 6.04 Å². The molecule has 106 valence electrons. The van der Waals surface area contributed by atoms with Crippen molar-refractivity contribution in [3.63, 3.8) is 0 Å². The molecule has 0 heterocycles. The number of nitrogens with one attached hydrogen (secondary N) is 1. The van der Waals surface area contributed by atoms with E-state index in [1.54, 1.807) is 13.0 Å². The van der Waals surface area contributed by atoms with Crippen LogP contribution in [0.15, 0.2) is 34.8 Å². The minimum Gasteiger partial charge on any atom is -0.309 e. The van der Waals surface area contributed by atoms with Crippen molar-refractivity contribution in [3.8, 4) is 0 Å². The van der Waals surface area contributed by atoms with Crippen molar-refractivity contribution in [2.24, 2.45) is 0 Å². The van der Waals surface area contributed by atoms with E-state index in [4.69, 9.17) is 11.6 Å². The van der Waals surface area contributed by atoms with Gasteiger partial charge in [0.1, 0.15) is 5.82 Å². The van der Waals surface area contributed by atoms with Gasteiger partial charge in [-0.3, -0.25) is 0 Å². The van der Waals surface area contributed by atoms with Crippen molar-refractivity contribution in [2.75, 3.05) is 7.05 Å². The monoisotopic (exact) mass is 355 g/mol. The van der Waals surface area contributed by atoms with Gasteiger partial charge in [0, 0.05) is 9.50 Å². The molecule has 4 heteroatoms. The molecule has 2 rings (SSSR count). The van der Waals surface area contributed by atoms with E-state index in [2.05, 4.69) is 27.3 Å². The molecular weight excluding hydrogens is 341 g/mol. The molecular formula is C16H16BrClFN. The fourth-order valence-electron chi connectivity index (χ4n) is 2.33. The molecule has 0 aliphatic carbocycles. The lowest BCUT2D eigenvalue weighted by Gasteiger charge is -2.20. The zero-order valence-corrected chi connectivity index (χ0v) is 13.9. The zero-order valence-electron chi connectivity index (χ0n) is 11.6. The fraction of sp³-hybridized carbons (Fsp3) is 0.250. The van der Waals surface area contributed by atoms with Crippen molar-refractivity contribution in [1.29, 1.82) is 0 Å². The molecule has 1 nitrogen and oxygen atoms in total. The third-order valence-corrected chi connectivity index (χ3v) is 4.06. The second kappa shape index (κ2) is 6.25. The van der Waals surface area contributed by atoms with E-state index in [1.807, 2.05) is 26.1 Å². The average Bonchev–Trinajstić information content (AvgIpc) is 2.35. The molecule has 2 aromatic carbocycles. The van der Waals surface area contributed by atoms with E-state index in [1.165, 1.54) is 6.07 Å². The Morgan fingerprint density at radius 3 is 2.45 bits per heavy atom. The van der Waals surface area contributed by atoms with Gasteiger partial charge in [-0.1, -0.05) is 33.6 Å². The summed E-state index contributed by atoms with van der Waals surface area (Å²) in [6, 6.07) is 9.30. The average molecular weight is 357 g/mol. The summed E-state index contributed by atoms with van der Waals surface area (Å²) in [7, 11) is 1.87. The summed E-state index contributed by atoms with van der Waals surface area (Å²) >= 11 is 9.72. The molecule has 1 atom stereocenters. The smallest absolute Gasteiger partial charge is 0.127 e. The fourth-order valence-corrected chi connectivity index (χ4v) is 3.22. The lowest BCUT2D eigenvalue weighted by atomic mass is 9.96. The Morgan fingerprint density at radius 1 is 1.15 bits per heavy atom. The van der Waals surface area contributed by atoms with Gasteiger partial charge in [-0.05, 0) is 67.4 Å². The summed E-state index contributed by atoms with van der Waals surface area (Å²) in [4.78, 5) is 0. The first kappa shape index (κ1) is 15.5. The highest BCUT2D eigenvalue weighted by molar-refractivity contribution is 9.10. The third-order valence-electron chi connectivity index (χ3n) is 3.28. The molecule has 1 unspecified atom stereocenters. The van der Waals surface area contributed by atoms with Crippen LogP contribution in [-0.2, 0) is 0 Å². The Hall–Kier alpha value is -0.900. The van der Waals surface area contributed by atoms with Gasteiger partial charge >= 0.3 is 0 Å². The highest BCUT2D eigenvalue weighted by atomic mass is 79.9. The maximum Gasteiger partial charge on any atom is 0.127 e. The lowest BCUT2D eigenvalue weighted by molar-refractivity contribution is 0.614. The highest BCUT2D eigenvalue weighted by Crippen LogP contribution is 2.32. The minimum atomic E-state index is -0.279. The summed E-state index contributed by atoms with van der Waals surface area (Å²) in [5.41, 5.74) is 3.72. The second-order valence-electron chi connectivity index (χ2n) is 4.91. The van der Waals surface area contributed by atoms with Crippen molar-refractivity contribution < 1.29 is 4.39 Å². The predicted octanol–water partition coefficient (Wildman–Crippen LogP) is 5.17. The largest absolute Gasteiger partial charge is 0.309 e. The SMILES string of the molecule is CNC(c1cc(C)cc(Br)c1)c1cc(C)c(F)cc1Cl. The van der Waals surface area contributed by atoms with Crippen LogP contribution in [0.1, 0.15) is 28.3 Å². The van der Waals surface area contributed by atoms with Crippen LogP contribution in [-0.4, -0.2) is 7.05 Å². The summed E-state index contributed by atoms with van der Waals surface area (Å²) < 4.78 is 14.6. The molecule has 0 spiro atoms. The number of hydrogen-bond acceptors (Lipinski definition) is 1. The van der Waals surface area contributed by atoms with Gasteiger partial charge in [-0.25, -0.2) is 4.39 Å². The molecule has 0 aliphatic heterocycles. The number of aryl methyl sites for hydroxylation is 2. The summed E-state index contributed by atoms with van der Waals surface area (Å²) in [5, 5.41) is 3.68. The normalized spacial score (nSPS) is 12.5. The Kier molecular flexibility index (Phi) is 4.84. The number of rotatable bonds is 3. The Balaban J connectivity index is 2.55. The van der Waals surface area contributed by atoms with Crippen LogP contribution in [0.3, 0.4) is 0 Å². The molecule has 0 saturated carbocycles. The molecule has 1 N–H and O–H groups in total. The maximum atomic E-state index is 13.5. The standard InChI is InChI=1S/C16H16BrClFN/c1-9-4-11(7-12(17)5-9)16(20-3)13-6-10(2)15(19)8-14(13)18/h4-8,16,20H,1-3H3. The van der Waals surface area contributed by atoms with E-state index in [-0.39, 0.29) is 11.9 Å². The number of benzene rings is 2. The zero-order chi connectivity index (χ0) is 14.9. The first-order chi connectivity index (χ1) is 9.42. The van der Waals surface area contributed by atoms with Gasteiger partial charge in [-0.2, -0.15) is 0 Å². The van der Waals surface area contributed by atoms with Crippen LogP contribution in [0.4, 0.5) is 4.39 Å². The van der Waals surface area contributed by atoms with Crippen LogP contribution in [0.5, 0.6) is 0 Å². The Bertz CT molecular complexity index is 622. The van der Waals surface area contributed by atoms with Crippen molar-refractivity contribution in [1.82, 2.24) is 5.32 Å². The Labute approximate surface area is 132 Å². The maximum absolute atomic E-state index is 13.5. The Morgan fingerprint density at radius 2 is 1.85 bits per heavy atom. The van der Waals surface area contributed by atoms with E-state index in [0.717, 1.165) is 21.2 Å². The molecule has 0 fully saturated rings. The summed E-state index contributed by atoms with van der Waals surface area (Å²) in [6.07, 6.45) is 0. The van der Waals surface area contributed by atoms with Crippen LogP contribution in [0.25, 0.3) is 0 Å². The van der Waals surface area contributed by atoms with Gasteiger partial charge < -0.3 is 5.32 Å². The third kappa shape index (κ3) is 3.22. The molecule has 0 amide bonds. The van der Waals surface area contributed by atoms with Crippen LogP contribution in [0.2, 0.25) is 5.02 Å². The van der Waals surface area contributed by atoms with E-state index in [0.29, 0.717) is 10.6 Å². The van der Waals surface area contributed by atoms with Gasteiger partial charge in [0.2, 0.25) is 0 Å². The number of halogens is 3. The lowest BCUT2D eigenvalue weighted by Crippen LogP contribution is -2.18. The summed E-state index contributed by atoms with van der Waals surface area (Å²) in [5.74, 6) is -0.279. The van der Waals surface area contributed by atoms with Crippen LogP contribution < -0.4 is 5.32 Å². The second-order valence-corrected chi connectivity index (χ2v) is 6.23. The van der Waals surface area contributed by atoms with Gasteiger partial charge in [0.25, 0.3) is 0 Å². The van der Waals surface area contributed by atoms with Gasteiger partial charge in [0.15, 0.2) is 0 Å². The first-order valence-electron chi connectivity index (χ1n) is 6.32. The van der Waals surface area contributed by atoms with Gasteiger partial charge in [-0.15, -0.1) is 0 Å². The first-order valence-corrected chi connectivity index (χ1v) is 7.49. The van der Waals surface area contributed by atoms with E-state index < -0.39 is 0 Å². The van der Waals surface area contributed by atoms with E-state index >= 15 is 0 Å². The molecule has 0 aliphatic rings. The quantitative estimate of drug-likeness (QED) is 0.800. The molecule has 0 radical (unpaired) electrons.